The van der Waals surface area contributed by atoms with Crippen molar-refractivity contribution < 1.29 is 27.8 Å². The van der Waals surface area contributed by atoms with Crippen LogP contribution in [0.1, 0.15) is 23.0 Å². The number of benzene rings is 2. The van der Waals surface area contributed by atoms with Gasteiger partial charge in [-0.15, -0.1) is 10.2 Å². The highest BCUT2D eigenvalue weighted by atomic mass is 35.5. The lowest BCUT2D eigenvalue weighted by molar-refractivity contribution is -0.189. The molecule has 0 bridgehead atoms. The number of rotatable bonds is 7. The molecule has 168 valence electrons. The van der Waals surface area contributed by atoms with Gasteiger partial charge in [0, 0.05) is 10.7 Å². The van der Waals surface area contributed by atoms with Crippen LogP contribution in [0.2, 0.25) is 5.02 Å². The summed E-state index contributed by atoms with van der Waals surface area (Å²) in [5.41, 5.74) is -0.634. The molecule has 8 nitrogen and oxygen atoms in total. The third-order valence-electron chi connectivity index (χ3n) is 4.29. The fraction of sp³-hybridized carbons (Fsp3) is 0.200. The Bertz CT molecular complexity index is 1170. The molecule has 0 amide bonds. The zero-order chi connectivity index (χ0) is 23.5. The van der Waals surface area contributed by atoms with Crippen molar-refractivity contribution in [3.63, 3.8) is 0 Å². The number of hydrogen-bond donors (Lipinski definition) is 2. The van der Waals surface area contributed by atoms with E-state index in [0.29, 0.717) is 16.3 Å². The van der Waals surface area contributed by atoms with Gasteiger partial charge in [-0.3, -0.25) is 9.36 Å². The highest BCUT2D eigenvalue weighted by molar-refractivity contribution is 6.30. The average Bonchev–Trinajstić information content (AvgIpc) is 2.72. The second-order valence-corrected chi connectivity index (χ2v) is 7.08. The Labute approximate surface area is 184 Å². The molecule has 3 rings (SSSR count). The SMILES string of the molecule is C[C@@H](Oc1ccc(Nc2nnc(C(=O)O)c(=O)n2Cc2ccc(Cl)cc2)cc1)C(F)(F)F. The van der Waals surface area contributed by atoms with Crippen molar-refractivity contribution in [1.29, 1.82) is 0 Å². The van der Waals surface area contributed by atoms with Crippen molar-refractivity contribution in [3.05, 3.63) is 75.2 Å². The van der Waals surface area contributed by atoms with Gasteiger partial charge in [-0.25, -0.2) is 4.79 Å². The van der Waals surface area contributed by atoms with Crippen LogP contribution in [0.4, 0.5) is 24.8 Å². The molecule has 0 fully saturated rings. The molecule has 0 saturated carbocycles. The summed E-state index contributed by atoms with van der Waals surface area (Å²) in [5.74, 6) is -1.60. The molecule has 0 unspecified atom stereocenters. The number of aromatic carboxylic acids is 1. The predicted molar refractivity (Wildman–Crippen MR) is 110 cm³/mol. The number of hydrogen-bond acceptors (Lipinski definition) is 6. The predicted octanol–water partition coefficient (Wildman–Crippen LogP) is 4.11. The van der Waals surface area contributed by atoms with Crippen LogP contribution >= 0.6 is 11.6 Å². The molecule has 2 aromatic carbocycles. The number of carbonyl (C=O) groups is 1. The molecular formula is C20H16ClF3N4O4. The molecule has 12 heteroatoms. The Hall–Kier alpha value is -3.60. The maximum absolute atomic E-state index is 12.6. The maximum Gasteiger partial charge on any atom is 0.425 e. The van der Waals surface area contributed by atoms with Gasteiger partial charge in [-0.05, 0) is 48.9 Å². The lowest BCUT2D eigenvalue weighted by Gasteiger charge is -2.18. The summed E-state index contributed by atoms with van der Waals surface area (Å²) < 4.78 is 43.8. The molecule has 1 aromatic heterocycles. The summed E-state index contributed by atoms with van der Waals surface area (Å²) in [6.07, 6.45) is -6.49. The number of aromatic nitrogens is 3. The first-order valence-corrected chi connectivity index (χ1v) is 9.48. The van der Waals surface area contributed by atoms with E-state index in [2.05, 4.69) is 15.5 Å². The van der Waals surface area contributed by atoms with Crippen LogP contribution in [0.5, 0.6) is 5.75 Å². The van der Waals surface area contributed by atoms with Gasteiger partial charge in [0.1, 0.15) is 5.75 Å². The van der Waals surface area contributed by atoms with Crippen LogP contribution in [0.3, 0.4) is 0 Å². The topological polar surface area (TPSA) is 106 Å². The van der Waals surface area contributed by atoms with Crippen LogP contribution in [0.15, 0.2) is 53.3 Å². The maximum atomic E-state index is 12.6. The molecule has 1 heterocycles. The van der Waals surface area contributed by atoms with Gasteiger partial charge in [0.05, 0.1) is 6.54 Å². The van der Waals surface area contributed by atoms with Crippen LogP contribution in [0.25, 0.3) is 0 Å². The van der Waals surface area contributed by atoms with Crippen LogP contribution in [-0.2, 0) is 6.54 Å². The van der Waals surface area contributed by atoms with E-state index in [4.69, 9.17) is 16.3 Å². The molecule has 0 spiro atoms. The number of carboxylic acids is 1. The molecule has 1 atom stereocenters. The van der Waals surface area contributed by atoms with Crippen LogP contribution in [-0.4, -0.2) is 38.1 Å². The minimum Gasteiger partial charge on any atom is -0.481 e. The first-order chi connectivity index (χ1) is 15.0. The molecule has 0 aliphatic carbocycles. The van der Waals surface area contributed by atoms with Gasteiger partial charge in [0.2, 0.25) is 11.6 Å². The van der Waals surface area contributed by atoms with Crippen LogP contribution in [0, 0.1) is 0 Å². The molecular weight excluding hydrogens is 453 g/mol. The van der Waals surface area contributed by atoms with Crippen molar-refractivity contribution in [3.8, 4) is 5.75 Å². The van der Waals surface area contributed by atoms with Gasteiger partial charge in [-0.1, -0.05) is 23.7 Å². The molecule has 3 aromatic rings. The van der Waals surface area contributed by atoms with Crippen molar-refractivity contribution in [1.82, 2.24) is 14.8 Å². The number of anilines is 2. The lowest BCUT2D eigenvalue weighted by atomic mass is 10.2. The van der Waals surface area contributed by atoms with Crippen molar-refractivity contribution in [2.45, 2.75) is 25.7 Å². The van der Waals surface area contributed by atoms with Gasteiger partial charge in [0.25, 0.3) is 5.56 Å². The van der Waals surface area contributed by atoms with E-state index in [1.807, 2.05) is 0 Å². The third-order valence-corrected chi connectivity index (χ3v) is 4.54. The smallest absolute Gasteiger partial charge is 0.425 e. The molecule has 0 radical (unpaired) electrons. The Morgan fingerprint density at radius 1 is 1.16 bits per heavy atom. The largest absolute Gasteiger partial charge is 0.481 e. The van der Waals surface area contributed by atoms with E-state index in [1.165, 1.54) is 24.3 Å². The summed E-state index contributed by atoms with van der Waals surface area (Å²) in [7, 11) is 0. The Morgan fingerprint density at radius 3 is 2.34 bits per heavy atom. The van der Waals surface area contributed by atoms with Gasteiger partial charge >= 0.3 is 12.1 Å². The number of alkyl halides is 3. The standard InChI is InChI=1S/C20H16ClF3N4O4/c1-11(20(22,23)24)32-15-8-6-14(7-9-15)25-19-27-26-16(18(30)31)17(29)28(19)10-12-2-4-13(21)5-3-12/h2-9,11H,10H2,1H3,(H,25,27)(H,30,31)/t11-/m1/s1. The number of carboxylic acid groups (broad SMARTS) is 1. The molecule has 0 saturated heterocycles. The summed E-state index contributed by atoms with van der Waals surface area (Å²) in [4.78, 5) is 23.9. The van der Waals surface area contributed by atoms with Crippen molar-refractivity contribution in [2.75, 3.05) is 5.32 Å². The Balaban J connectivity index is 1.88. The highest BCUT2D eigenvalue weighted by Gasteiger charge is 2.38. The number of nitrogens with zero attached hydrogens (tertiary/aromatic N) is 3. The Kier molecular flexibility index (Phi) is 6.68. The minimum absolute atomic E-state index is 0.00811. The second kappa shape index (κ2) is 9.27. The summed E-state index contributed by atoms with van der Waals surface area (Å²) in [5, 5.41) is 19.7. The normalized spacial score (nSPS) is 12.3. The van der Waals surface area contributed by atoms with E-state index in [1.54, 1.807) is 24.3 Å². The van der Waals surface area contributed by atoms with E-state index in [9.17, 15) is 27.9 Å². The van der Waals surface area contributed by atoms with Crippen LogP contribution < -0.4 is 15.6 Å². The first-order valence-electron chi connectivity index (χ1n) is 9.10. The summed E-state index contributed by atoms with van der Waals surface area (Å²) in [6.45, 7) is 0.861. The second-order valence-electron chi connectivity index (χ2n) is 6.65. The summed E-state index contributed by atoms with van der Waals surface area (Å²) >= 11 is 5.87. The Morgan fingerprint density at radius 2 is 1.78 bits per heavy atom. The van der Waals surface area contributed by atoms with E-state index >= 15 is 0 Å². The van der Waals surface area contributed by atoms with E-state index in [-0.39, 0.29) is 18.2 Å². The van der Waals surface area contributed by atoms with Gasteiger partial charge in [-0.2, -0.15) is 13.2 Å². The zero-order valence-electron chi connectivity index (χ0n) is 16.4. The monoisotopic (exact) mass is 468 g/mol. The molecule has 0 aliphatic heterocycles. The number of ether oxygens (including phenoxy) is 1. The third kappa shape index (κ3) is 5.55. The summed E-state index contributed by atoms with van der Waals surface area (Å²) in [6, 6.07) is 12.0. The first kappa shape index (κ1) is 23.1. The van der Waals surface area contributed by atoms with E-state index in [0.717, 1.165) is 11.5 Å². The fourth-order valence-electron chi connectivity index (χ4n) is 2.58. The lowest BCUT2D eigenvalue weighted by Crippen LogP contribution is -2.31. The van der Waals surface area contributed by atoms with Crippen molar-refractivity contribution in [2.24, 2.45) is 0 Å². The number of halogens is 4. The average molecular weight is 469 g/mol. The quantitative estimate of drug-likeness (QED) is 0.537. The number of nitrogens with one attached hydrogen (secondary N) is 1. The van der Waals surface area contributed by atoms with Gasteiger partial charge < -0.3 is 15.2 Å². The molecule has 2 N–H and O–H groups in total. The van der Waals surface area contributed by atoms with Crippen molar-refractivity contribution >= 4 is 29.2 Å². The van der Waals surface area contributed by atoms with E-state index < -0.39 is 29.5 Å². The molecule has 32 heavy (non-hydrogen) atoms. The molecule has 0 aliphatic rings. The minimum atomic E-state index is -4.50. The zero-order valence-corrected chi connectivity index (χ0v) is 17.2. The fourth-order valence-corrected chi connectivity index (χ4v) is 2.71. The van der Waals surface area contributed by atoms with Gasteiger partial charge in [0.15, 0.2) is 6.10 Å². The highest BCUT2D eigenvalue weighted by Crippen LogP contribution is 2.26.